The first kappa shape index (κ1) is 20.2. The van der Waals surface area contributed by atoms with Crippen LogP contribution in [-0.4, -0.2) is 51.8 Å². The van der Waals surface area contributed by atoms with Gasteiger partial charge in [-0.2, -0.15) is 0 Å². The number of aromatic amines is 1. The van der Waals surface area contributed by atoms with E-state index in [2.05, 4.69) is 24.8 Å². The number of rotatable bonds is 6. The maximum absolute atomic E-state index is 12.1. The van der Waals surface area contributed by atoms with Crippen LogP contribution >= 0.6 is 0 Å². The van der Waals surface area contributed by atoms with E-state index in [1.807, 2.05) is 44.3 Å². The van der Waals surface area contributed by atoms with Gasteiger partial charge in [0.05, 0.1) is 22.9 Å². The molecule has 0 spiro atoms. The molecule has 0 amide bonds. The van der Waals surface area contributed by atoms with Crippen molar-refractivity contribution in [3.63, 3.8) is 0 Å². The largest absolute Gasteiger partial charge is 0.368 e. The van der Waals surface area contributed by atoms with Gasteiger partial charge in [-0.25, -0.2) is 0 Å². The molecule has 1 fully saturated rings. The molecule has 7 nitrogen and oxygen atoms in total. The summed E-state index contributed by atoms with van der Waals surface area (Å²) in [4.78, 5) is 40.3. The number of hydrogen-bond acceptors (Lipinski definition) is 6. The first-order valence-electron chi connectivity index (χ1n) is 10.5. The summed E-state index contributed by atoms with van der Waals surface area (Å²) in [6.45, 7) is 8.29. The van der Waals surface area contributed by atoms with Gasteiger partial charge in [0.2, 0.25) is 0 Å². The Balaban J connectivity index is 1.38. The van der Waals surface area contributed by atoms with Crippen molar-refractivity contribution in [1.82, 2.24) is 19.9 Å². The van der Waals surface area contributed by atoms with E-state index in [-0.39, 0.29) is 11.3 Å². The smallest absolute Gasteiger partial charge is 0.251 e. The summed E-state index contributed by atoms with van der Waals surface area (Å²) in [6.07, 6.45) is 4.88. The molecule has 30 heavy (non-hydrogen) atoms. The van der Waals surface area contributed by atoms with Crippen LogP contribution in [0.4, 0.5) is 5.69 Å². The molecule has 3 aromatic heterocycles. The van der Waals surface area contributed by atoms with Crippen LogP contribution in [0, 0.1) is 0 Å². The molecule has 0 radical (unpaired) electrons. The molecule has 0 bridgehead atoms. The number of carbonyl (C=O) groups excluding carboxylic acids is 1. The Morgan fingerprint density at radius 3 is 2.53 bits per heavy atom. The van der Waals surface area contributed by atoms with Crippen molar-refractivity contribution in [2.45, 2.75) is 33.2 Å². The lowest BCUT2D eigenvalue weighted by Crippen LogP contribution is -2.46. The van der Waals surface area contributed by atoms with Gasteiger partial charge in [-0.3, -0.25) is 24.5 Å². The van der Waals surface area contributed by atoms with E-state index in [1.165, 1.54) is 0 Å². The molecule has 7 heteroatoms. The normalized spacial score (nSPS) is 14.9. The van der Waals surface area contributed by atoms with E-state index in [1.54, 1.807) is 6.20 Å². The van der Waals surface area contributed by atoms with E-state index in [0.717, 1.165) is 60.6 Å². The minimum Gasteiger partial charge on any atom is -0.368 e. The number of hydrogen-bond donors (Lipinski definition) is 1. The molecule has 0 atom stereocenters. The Hall–Kier alpha value is -3.06. The Bertz CT molecular complexity index is 1100. The fraction of sp³-hybridized carbons (Fsp3) is 0.391. The Morgan fingerprint density at radius 1 is 1.07 bits per heavy atom. The van der Waals surface area contributed by atoms with Crippen LogP contribution < -0.4 is 10.5 Å². The summed E-state index contributed by atoms with van der Waals surface area (Å²) >= 11 is 0. The minimum atomic E-state index is -0.0298. The molecule has 1 aliphatic heterocycles. The fourth-order valence-corrected chi connectivity index (χ4v) is 3.86. The molecule has 0 unspecified atom stereocenters. The van der Waals surface area contributed by atoms with Crippen molar-refractivity contribution in [2.75, 3.05) is 31.1 Å². The van der Waals surface area contributed by atoms with Gasteiger partial charge in [-0.1, -0.05) is 13.8 Å². The van der Waals surface area contributed by atoms with Crippen molar-refractivity contribution < 1.29 is 4.79 Å². The number of carbonyl (C=O) groups is 1. The standard InChI is InChI=1S/C23H27N5O2/c1-3-17-12-20-21(26-23(17)30)11-16(13-24-20)15-27-7-9-28(10-8-27)18-5-6-19(25-14-18)22(29)4-2/h5-6,11-14H,3-4,7-10,15H2,1-2H3,(H,26,30). The quantitative estimate of drug-likeness (QED) is 0.635. The Kier molecular flexibility index (Phi) is 5.90. The highest BCUT2D eigenvalue weighted by atomic mass is 16.1. The average Bonchev–Trinajstić information content (AvgIpc) is 2.78. The summed E-state index contributed by atoms with van der Waals surface area (Å²) in [5.74, 6) is 0.0719. The minimum absolute atomic E-state index is 0.0298. The van der Waals surface area contributed by atoms with Gasteiger partial charge in [0.15, 0.2) is 5.78 Å². The summed E-state index contributed by atoms with van der Waals surface area (Å²) < 4.78 is 0. The van der Waals surface area contributed by atoms with Crippen molar-refractivity contribution in [2.24, 2.45) is 0 Å². The molecule has 1 N–H and O–H groups in total. The predicted molar refractivity (Wildman–Crippen MR) is 118 cm³/mol. The highest BCUT2D eigenvalue weighted by molar-refractivity contribution is 5.94. The second-order valence-corrected chi connectivity index (χ2v) is 7.70. The summed E-state index contributed by atoms with van der Waals surface area (Å²) in [5, 5.41) is 0. The number of H-pyrrole nitrogens is 1. The topological polar surface area (TPSA) is 82.2 Å². The first-order valence-corrected chi connectivity index (χ1v) is 10.5. The molecular formula is C23H27N5O2. The number of Topliss-reactive ketones (excluding diaryl/α,β-unsaturated/α-hetero) is 1. The number of nitrogens with one attached hydrogen (secondary N) is 1. The van der Waals surface area contributed by atoms with Gasteiger partial charge in [0.25, 0.3) is 5.56 Å². The number of pyridine rings is 3. The number of fused-ring (bicyclic) bond motifs is 1. The molecule has 0 aliphatic carbocycles. The molecule has 0 aromatic carbocycles. The van der Waals surface area contributed by atoms with Crippen LogP contribution in [0.2, 0.25) is 0 Å². The van der Waals surface area contributed by atoms with E-state index in [9.17, 15) is 9.59 Å². The SMILES string of the molecule is CCC(=O)c1ccc(N2CCN(Cc3cnc4cc(CC)c(=O)[nH]c4c3)CC2)cn1. The second kappa shape index (κ2) is 8.75. The number of piperazine rings is 1. The van der Waals surface area contributed by atoms with E-state index in [4.69, 9.17) is 0 Å². The highest BCUT2D eigenvalue weighted by Crippen LogP contribution is 2.18. The van der Waals surface area contributed by atoms with Gasteiger partial charge >= 0.3 is 0 Å². The fourth-order valence-electron chi connectivity index (χ4n) is 3.86. The van der Waals surface area contributed by atoms with Gasteiger partial charge in [0, 0.05) is 50.9 Å². The number of aromatic nitrogens is 3. The summed E-state index contributed by atoms with van der Waals surface area (Å²) in [6, 6.07) is 7.71. The number of anilines is 1. The molecule has 1 saturated heterocycles. The molecular weight excluding hydrogens is 378 g/mol. The van der Waals surface area contributed by atoms with Crippen molar-refractivity contribution >= 4 is 22.5 Å². The molecule has 156 valence electrons. The second-order valence-electron chi connectivity index (χ2n) is 7.70. The predicted octanol–water partition coefficient (Wildman–Crippen LogP) is 2.80. The zero-order valence-electron chi connectivity index (χ0n) is 17.5. The number of nitrogens with zero attached hydrogens (tertiary/aromatic N) is 4. The maximum atomic E-state index is 12.1. The first-order chi connectivity index (χ1) is 14.6. The number of ketones is 1. The Morgan fingerprint density at radius 2 is 1.87 bits per heavy atom. The van der Waals surface area contributed by atoms with Gasteiger partial charge < -0.3 is 9.88 Å². The number of aryl methyl sites for hydroxylation is 1. The third-order valence-electron chi connectivity index (χ3n) is 5.71. The monoisotopic (exact) mass is 405 g/mol. The van der Waals surface area contributed by atoms with Crippen LogP contribution in [-0.2, 0) is 13.0 Å². The summed E-state index contributed by atoms with van der Waals surface area (Å²) in [7, 11) is 0. The lowest BCUT2D eigenvalue weighted by molar-refractivity contribution is 0.0983. The van der Waals surface area contributed by atoms with Crippen LogP contribution in [0.3, 0.4) is 0 Å². The van der Waals surface area contributed by atoms with Crippen LogP contribution in [0.5, 0.6) is 0 Å². The van der Waals surface area contributed by atoms with Crippen LogP contribution in [0.25, 0.3) is 11.0 Å². The molecule has 1 aliphatic rings. The third kappa shape index (κ3) is 4.26. The molecule has 4 rings (SSSR count). The van der Waals surface area contributed by atoms with Crippen LogP contribution in [0.15, 0.2) is 41.5 Å². The molecule has 4 heterocycles. The van der Waals surface area contributed by atoms with Gasteiger partial charge in [-0.15, -0.1) is 0 Å². The van der Waals surface area contributed by atoms with Crippen molar-refractivity contribution in [3.05, 3.63) is 63.8 Å². The molecule has 0 saturated carbocycles. The molecule has 3 aromatic rings. The van der Waals surface area contributed by atoms with E-state index < -0.39 is 0 Å². The van der Waals surface area contributed by atoms with E-state index >= 15 is 0 Å². The zero-order valence-corrected chi connectivity index (χ0v) is 17.5. The Labute approximate surface area is 175 Å². The third-order valence-corrected chi connectivity index (χ3v) is 5.71. The van der Waals surface area contributed by atoms with Crippen molar-refractivity contribution in [3.8, 4) is 0 Å². The van der Waals surface area contributed by atoms with E-state index in [0.29, 0.717) is 18.5 Å². The van der Waals surface area contributed by atoms with Crippen LogP contribution in [0.1, 0.15) is 41.9 Å². The summed E-state index contributed by atoms with van der Waals surface area (Å²) in [5.41, 5.74) is 5.05. The van der Waals surface area contributed by atoms with Gasteiger partial charge in [0.1, 0.15) is 5.69 Å². The highest BCUT2D eigenvalue weighted by Gasteiger charge is 2.18. The lowest BCUT2D eigenvalue weighted by Gasteiger charge is -2.36. The van der Waals surface area contributed by atoms with Gasteiger partial charge in [-0.05, 0) is 36.2 Å². The lowest BCUT2D eigenvalue weighted by atomic mass is 10.1. The zero-order chi connectivity index (χ0) is 21.1. The maximum Gasteiger partial charge on any atom is 0.251 e. The van der Waals surface area contributed by atoms with Crippen molar-refractivity contribution in [1.29, 1.82) is 0 Å². The average molecular weight is 406 g/mol.